The van der Waals surface area contributed by atoms with Crippen LogP contribution in [0.4, 0.5) is 0 Å². The summed E-state index contributed by atoms with van der Waals surface area (Å²) in [7, 11) is 0. The predicted octanol–water partition coefficient (Wildman–Crippen LogP) is 3.56. The molecule has 0 saturated heterocycles. The smallest absolute Gasteiger partial charge is 0.338 e. The van der Waals surface area contributed by atoms with Crippen molar-refractivity contribution < 1.29 is 14.3 Å². The molecule has 0 aliphatic heterocycles. The Bertz CT molecular complexity index is 206. The minimum absolute atomic E-state index is 0.168. The molecule has 3 heteroatoms. The number of carbonyl (C=O) groups is 1. The summed E-state index contributed by atoms with van der Waals surface area (Å²) in [6, 6.07) is 0. The summed E-state index contributed by atoms with van der Waals surface area (Å²) < 4.78 is 10.8. The van der Waals surface area contributed by atoms with Gasteiger partial charge in [0.15, 0.2) is 5.60 Å². The number of hydrogen-bond acceptors (Lipinski definition) is 3. The van der Waals surface area contributed by atoms with Gasteiger partial charge >= 0.3 is 5.97 Å². The van der Waals surface area contributed by atoms with Gasteiger partial charge in [0, 0.05) is 6.61 Å². The van der Waals surface area contributed by atoms with Crippen molar-refractivity contribution in [1.29, 1.82) is 0 Å². The third-order valence-corrected chi connectivity index (χ3v) is 3.15. The van der Waals surface area contributed by atoms with E-state index in [2.05, 4.69) is 6.92 Å². The Kier molecular flexibility index (Phi) is 8.23. The zero-order valence-corrected chi connectivity index (χ0v) is 12.0. The summed E-state index contributed by atoms with van der Waals surface area (Å²) in [4.78, 5) is 11.9. The molecular formula is C14H28O3. The average Bonchev–Trinajstić information content (AvgIpc) is 2.35. The van der Waals surface area contributed by atoms with E-state index in [9.17, 15) is 4.79 Å². The van der Waals surface area contributed by atoms with E-state index >= 15 is 0 Å². The molecule has 0 aromatic rings. The van der Waals surface area contributed by atoms with Crippen LogP contribution in [0.1, 0.15) is 60.3 Å². The van der Waals surface area contributed by atoms with Gasteiger partial charge in [-0.05, 0) is 45.4 Å². The zero-order valence-electron chi connectivity index (χ0n) is 12.0. The minimum atomic E-state index is -0.642. The fourth-order valence-corrected chi connectivity index (χ4v) is 2.17. The number of carbonyl (C=O) groups excluding carboxylic acids is 1. The van der Waals surface area contributed by atoms with E-state index in [4.69, 9.17) is 9.47 Å². The molecule has 1 aliphatic rings. The monoisotopic (exact) mass is 244 g/mol. The zero-order chi connectivity index (χ0) is 13.3. The van der Waals surface area contributed by atoms with Crippen LogP contribution in [0.25, 0.3) is 0 Å². The van der Waals surface area contributed by atoms with Gasteiger partial charge in [0.25, 0.3) is 0 Å². The summed E-state index contributed by atoms with van der Waals surface area (Å²) >= 11 is 0. The lowest BCUT2D eigenvalue weighted by Crippen LogP contribution is -2.45. The fourth-order valence-electron chi connectivity index (χ4n) is 2.17. The molecule has 0 aromatic carbocycles. The lowest BCUT2D eigenvalue weighted by molar-refractivity contribution is -0.177. The highest BCUT2D eigenvalue weighted by atomic mass is 16.6. The molecule has 1 fully saturated rings. The molecule has 0 N–H and O–H groups in total. The van der Waals surface area contributed by atoms with Crippen LogP contribution in [0.5, 0.6) is 0 Å². The van der Waals surface area contributed by atoms with Gasteiger partial charge in [-0.15, -0.1) is 0 Å². The Morgan fingerprint density at radius 3 is 2.12 bits per heavy atom. The van der Waals surface area contributed by atoms with E-state index in [1.54, 1.807) is 0 Å². The van der Waals surface area contributed by atoms with Crippen molar-refractivity contribution >= 4 is 5.97 Å². The number of rotatable bonds is 4. The lowest BCUT2D eigenvalue weighted by atomic mass is 9.79. The van der Waals surface area contributed by atoms with Crippen molar-refractivity contribution in [2.75, 3.05) is 13.2 Å². The van der Waals surface area contributed by atoms with Gasteiger partial charge < -0.3 is 9.47 Å². The first kappa shape index (κ1) is 16.4. The van der Waals surface area contributed by atoms with E-state index in [0.717, 1.165) is 25.7 Å². The van der Waals surface area contributed by atoms with Crippen molar-refractivity contribution in [3.05, 3.63) is 0 Å². The van der Waals surface area contributed by atoms with Crippen LogP contribution in [-0.4, -0.2) is 24.8 Å². The largest absolute Gasteiger partial charge is 0.464 e. The van der Waals surface area contributed by atoms with Crippen LogP contribution in [-0.2, 0) is 14.3 Å². The molecule has 0 unspecified atom stereocenters. The van der Waals surface area contributed by atoms with Crippen LogP contribution in [0.15, 0.2) is 0 Å². The van der Waals surface area contributed by atoms with Crippen molar-refractivity contribution in [2.45, 2.75) is 65.9 Å². The predicted molar refractivity (Wildman–Crippen MR) is 70.0 cm³/mol. The SMILES string of the molecule is CC.CCOC(=O)C1(OCC)CCC(C)CC1. The molecule has 0 bridgehead atoms. The maximum absolute atomic E-state index is 11.9. The average molecular weight is 244 g/mol. The summed E-state index contributed by atoms with van der Waals surface area (Å²) in [6.45, 7) is 11.0. The molecule has 1 saturated carbocycles. The standard InChI is InChI=1S/C12H22O3.C2H6/c1-4-14-11(13)12(15-5-2)8-6-10(3)7-9-12;1-2/h10H,4-9H2,1-3H3;1-2H3. The Balaban J connectivity index is 0.00000121. The maximum Gasteiger partial charge on any atom is 0.338 e. The van der Waals surface area contributed by atoms with Gasteiger partial charge in [0.05, 0.1) is 6.61 Å². The molecule has 0 atom stereocenters. The number of ether oxygens (including phenoxy) is 2. The molecule has 3 nitrogen and oxygen atoms in total. The van der Waals surface area contributed by atoms with Gasteiger partial charge in [0.2, 0.25) is 0 Å². The number of hydrogen-bond donors (Lipinski definition) is 0. The molecule has 0 spiro atoms. The fraction of sp³-hybridized carbons (Fsp3) is 0.929. The first-order valence-corrected chi connectivity index (χ1v) is 6.95. The Labute approximate surface area is 106 Å². The molecule has 0 amide bonds. The Hall–Kier alpha value is -0.570. The third-order valence-electron chi connectivity index (χ3n) is 3.15. The normalized spacial score (nSPS) is 27.9. The molecule has 0 aromatic heterocycles. The molecular weight excluding hydrogens is 216 g/mol. The second-order valence-electron chi connectivity index (χ2n) is 4.33. The van der Waals surface area contributed by atoms with Crippen molar-refractivity contribution in [1.82, 2.24) is 0 Å². The van der Waals surface area contributed by atoms with Gasteiger partial charge in [-0.1, -0.05) is 20.8 Å². The molecule has 1 rings (SSSR count). The highest BCUT2D eigenvalue weighted by Gasteiger charge is 2.43. The molecule has 0 heterocycles. The van der Waals surface area contributed by atoms with Crippen LogP contribution >= 0.6 is 0 Å². The molecule has 102 valence electrons. The second-order valence-corrected chi connectivity index (χ2v) is 4.33. The van der Waals surface area contributed by atoms with Gasteiger partial charge in [-0.2, -0.15) is 0 Å². The first-order valence-electron chi connectivity index (χ1n) is 6.95. The van der Waals surface area contributed by atoms with E-state index < -0.39 is 5.60 Å². The van der Waals surface area contributed by atoms with Crippen molar-refractivity contribution in [3.8, 4) is 0 Å². The van der Waals surface area contributed by atoms with Crippen LogP contribution in [0.3, 0.4) is 0 Å². The topological polar surface area (TPSA) is 35.5 Å². The Morgan fingerprint density at radius 1 is 1.18 bits per heavy atom. The van der Waals surface area contributed by atoms with E-state index in [-0.39, 0.29) is 5.97 Å². The first-order chi connectivity index (χ1) is 8.14. The van der Waals surface area contributed by atoms with E-state index in [1.807, 2.05) is 27.7 Å². The summed E-state index contributed by atoms with van der Waals surface area (Å²) in [5.74, 6) is 0.534. The van der Waals surface area contributed by atoms with E-state index in [0.29, 0.717) is 19.1 Å². The Morgan fingerprint density at radius 2 is 1.71 bits per heavy atom. The van der Waals surface area contributed by atoms with Crippen molar-refractivity contribution in [3.63, 3.8) is 0 Å². The lowest BCUT2D eigenvalue weighted by Gasteiger charge is -2.36. The van der Waals surface area contributed by atoms with Crippen LogP contribution in [0, 0.1) is 5.92 Å². The summed E-state index contributed by atoms with van der Waals surface area (Å²) in [5.41, 5.74) is -0.642. The van der Waals surface area contributed by atoms with Gasteiger partial charge in [0.1, 0.15) is 0 Å². The number of esters is 1. The van der Waals surface area contributed by atoms with Crippen LogP contribution < -0.4 is 0 Å². The summed E-state index contributed by atoms with van der Waals surface area (Å²) in [6.07, 6.45) is 3.72. The van der Waals surface area contributed by atoms with Crippen LogP contribution in [0.2, 0.25) is 0 Å². The summed E-state index contributed by atoms with van der Waals surface area (Å²) in [5, 5.41) is 0. The molecule has 1 aliphatic carbocycles. The highest BCUT2D eigenvalue weighted by Crippen LogP contribution is 2.35. The quantitative estimate of drug-likeness (QED) is 0.709. The third kappa shape index (κ3) is 4.66. The van der Waals surface area contributed by atoms with Gasteiger partial charge in [-0.25, -0.2) is 4.79 Å². The molecule has 0 radical (unpaired) electrons. The van der Waals surface area contributed by atoms with E-state index in [1.165, 1.54) is 0 Å². The molecule has 17 heavy (non-hydrogen) atoms. The minimum Gasteiger partial charge on any atom is -0.464 e. The maximum atomic E-state index is 11.9. The van der Waals surface area contributed by atoms with Crippen molar-refractivity contribution in [2.24, 2.45) is 5.92 Å². The highest BCUT2D eigenvalue weighted by molar-refractivity contribution is 5.79. The second kappa shape index (κ2) is 8.51. The van der Waals surface area contributed by atoms with Gasteiger partial charge in [-0.3, -0.25) is 0 Å².